The lowest BCUT2D eigenvalue weighted by Gasteiger charge is -2.14. The van der Waals surface area contributed by atoms with Gasteiger partial charge in [0.15, 0.2) is 4.77 Å². The van der Waals surface area contributed by atoms with Crippen molar-refractivity contribution in [2.24, 2.45) is 0 Å². The molecule has 0 aliphatic heterocycles. The molecule has 104 valence electrons. The average Bonchev–Trinajstić information content (AvgIpc) is 2.97. The highest BCUT2D eigenvalue weighted by Crippen LogP contribution is 2.27. The van der Waals surface area contributed by atoms with Crippen LogP contribution in [-0.2, 0) is 6.42 Å². The maximum atomic E-state index is 13.8. The molecule has 1 aromatic carbocycles. The fourth-order valence-electron chi connectivity index (χ4n) is 2.40. The van der Waals surface area contributed by atoms with Crippen LogP contribution < -0.4 is 0 Å². The standard InChI is InChI=1S/C14H12BrFN2S2/c1-8(4-9-2-3-20-7-9)18-13-6-11(16)10(15)5-12(13)17-14(18)19/h2-3,5-8H,4H2,1H3,(H,17,19). The summed E-state index contributed by atoms with van der Waals surface area (Å²) in [5, 5.41) is 4.19. The monoisotopic (exact) mass is 370 g/mol. The molecule has 20 heavy (non-hydrogen) atoms. The summed E-state index contributed by atoms with van der Waals surface area (Å²) in [4.78, 5) is 3.14. The number of aromatic amines is 1. The summed E-state index contributed by atoms with van der Waals surface area (Å²) in [5.41, 5.74) is 2.93. The molecule has 1 N–H and O–H groups in total. The molecule has 3 aromatic rings. The maximum absolute atomic E-state index is 13.8. The van der Waals surface area contributed by atoms with E-state index in [0.717, 1.165) is 17.5 Å². The van der Waals surface area contributed by atoms with Crippen LogP contribution in [0.4, 0.5) is 4.39 Å². The van der Waals surface area contributed by atoms with E-state index < -0.39 is 0 Å². The molecule has 1 unspecified atom stereocenters. The van der Waals surface area contributed by atoms with E-state index in [-0.39, 0.29) is 11.9 Å². The van der Waals surface area contributed by atoms with Crippen molar-refractivity contribution in [2.75, 3.05) is 0 Å². The first-order chi connectivity index (χ1) is 9.56. The number of aromatic nitrogens is 2. The van der Waals surface area contributed by atoms with Crippen LogP contribution in [0.3, 0.4) is 0 Å². The van der Waals surface area contributed by atoms with E-state index in [1.807, 2.05) is 4.57 Å². The van der Waals surface area contributed by atoms with Crippen molar-refractivity contribution in [1.82, 2.24) is 9.55 Å². The zero-order valence-corrected chi connectivity index (χ0v) is 13.9. The molecule has 2 aromatic heterocycles. The highest BCUT2D eigenvalue weighted by atomic mass is 79.9. The Morgan fingerprint density at radius 1 is 1.50 bits per heavy atom. The Labute approximate surface area is 133 Å². The van der Waals surface area contributed by atoms with Gasteiger partial charge in [-0.2, -0.15) is 11.3 Å². The molecule has 0 fully saturated rings. The number of benzene rings is 1. The SMILES string of the molecule is CC(Cc1ccsc1)n1c(=S)[nH]c2cc(Br)c(F)cc21. The predicted octanol–water partition coefficient (Wildman–Crippen LogP) is 5.47. The maximum Gasteiger partial charge on any atom is 0.178 e. The van der Waals surface area contributed by atoms with Gasteiger partial charge in [0.25, 0.3) is 0 Å². The fraction of sp³-hybridized carbons (Fsp3) is 0.214. The van der Waals surface area contributed by atoms with Crippen LogP contribution in [0.25, 0.3) is 11.0 Å². The molecule has 2 nitrogen and oxygen atoms in total. The van der Waals surface area contributed by atoms with E-state index >= 15 is 0 Å². The van der Waals surface area contributed by atoms with E-state index in [2.05, 4.69) is 44.7 Å². The van der Waals surface area contributed by atoms with Crippen molar-refractivity contribution < 1.29 is 4.39 Å². The molecular formula is C14H12BrFN2S2. The third-order valence-electron chi connectivity index (χ3n) is 3.31. The smallest absolute Gasteiger partial charge is 0.178 e. The molecule has 2 heterocycles. The van der Waals surface area contributed by atoms with Gasteiger partial charge >= 0.3 is 0 Å². The minimum atomic E-state index is -0.275. The lowest BCUT2D eigenvalue weighted by atomic mass is 10.1. The molecule has 0 saturated carbocycles. The summed E-state index contributed by atoms with van der Waals surface area (Å²) >= 11 is 10.3. The predicted molar refractivity (Wildman–Crippen MR) is 87.5 cm³/mol. The number of nitrogens with one attached hydrogen (secondary N) is 1. The Bertz CT molecular complexity index is 805. The normalized spacial score (nSPS) is 12.9. The molecular weight excluding hydrogens is 359 g/mol. The van der Waals surface area contributed by atoms with Gasteiger partial charge in [-0.1, -0.05) is 0 Å². The number of hydrogen-bond donors (Lipinski definition) is 1. The van der Waals surface area contributed by atoms with Crippen molar-refractivity contribution in [3.8, 4) is 0 Å². The second-order valence-corrected chi connectivity index (χ2v) is 6.79. The van der Waals surface area contributed by atoms with Gasteiger partial charge in [-0.25, -0.2) is 4.39 Å². The molecule has 0 aliphatic rings. The first kappa shape index (κ1) is 14.0. The van der Waals surface area contributed by atoms with Crippen molar-refractivity contribution in [3.63, 3.8) is 0 Å². The molecule has 3 rings (SSSR count). The molecule has 1 atom stereocenters. The number of thiophene rings is 1. The van der Waals surface area contributed by atoms with Crippen LogP contribution in [0.1, 0.15) is 18.5 Å². The first-order valence-corrected chi connectivity index (χ1v) is 8.31. The molecule has 0 bridgehead atoms. The van der Waals surface area contributed by atoms with E-state index in [1.54, 1.807) is 17.4 Å². The highest BCUT2D eigenvalue weighted by molar-refractivity contribution is 9.10. The van der Waals surface area contributed by atoms with Gasteiger partial charge in [-0.05, 0) is 69.9 Å². The Kier molecular flexibility index (Phi) is 3.79. The van der Waals surface area contributed by atoms with E-state index in [1.165, 1.54) is 11.6 Å². The Morgan fingerprint density at radius 2 is 2.30 bits per heavy atom. The summed E-state index contributed by atoms with van der Waals surface area (Å²) in [6.07, 6.45) is 0.877. The van der Waals surface area contributed by atoms with Crippen LogP contribution >= 0.6 is 39.5 Å². The van der Waals surface area contributed by atoms with Gasteiger partial charge in [-0.3, -0.25) is 0 Å². The molecule has 0 radical (unpaired) electrons. The summed E-state index contributed by atoms with van der Waals surface area (Å²) in [5.74, 6) is -0.275. The summed E-state index contributed by atoms with van der Waals surface area (Å²) in [6, 6.07) is 5.53. The minimum Gasteiger partial charge on any atom is -0.331 e. The zero-order valence-electron chi connectivity index (χ0n) is 10.7. The lowest BCUT2D eigenvalue weighted by Crippen LogP contribution is -2.08. The lowest BCUT2D eigenvalue weighted by molar-refractivity contribution is 0.552. The van der Waals surface area contributed by atoms with Gasteiger partial charge in [-0.15, -0.1) is 0 Å². The summed E-state index contributed by atoms with van der Waals surface area (Å²) in [6.45, 7) is 2.10. The number of halogens is 2. The van der Waals surface area contributed by atoms with Crippen molar-refractivity contribution in [1.29, 1.82) is 0 Å². The average molecular weight is 371 g/mol. The quantitative estimate of drug-likeness (QED) is 0.606. The number of hydrogen-bond acceptors (Lipinski definition) is 2. The van der Waals surface area contributed by atoms with Gasteiger partial charge in [0, 0.05) is 12.1 Å². The van der Waals surface area contributed by atoms with Gasteiger partial charge < -0.3 is 9.55 Å². The third kappa shape index (κ3) is 2.47. The van der Waals surface area contributed by atoms with E-state index in [0.29, 0.717) is 9.24 Å². The van der Waals surface area contributed by atoms with Crippen LogP contribution in [0.15, 0.2) is 33.4 Å². The van der Waals surface area contributed by atoms with Crippen molar-refractivity contribution >= 4 is 50.5 Å². The van der Waals surface area contributed by atoms with E-state index in [9.17, 15) is 4.39 Å². The Morgan fingerprint density at radius 3 is 3.00 bits per heavy atom. The second kappa shape index (κ2) is 5.42. The fourth-order valence-corrected chi connectivity index (χ4v) is 3.81. The van der Waals surface area contributed by atoms with Gasteiger partial charge in [0.1, 0.15) is 5.82 Å². The van der Waals surface area contributed by atoms with Gasteiger partial charge in [0.05, 0.1) is 15.5 Å². The Balaban J connectivity index is 2.08. The van der Waals surface area contributed by atoms with Crippen LogP contribution in [0.2, 0.25) is 0 Å². The number of fused-ring (bicyclic) bond motifs is 1. The van der Waals surface area contributed by atoms with Crippen LogP contribution in [0, 0.1) is 10.6 Å². The second-order valence-electron chi connectivity index (χ2n) is 4.77. The minimum absolute atomic E-state index is 0.173. The molecule has 0 spiro atoms. The highest BCUT2D eigenvalue weighted by Gasteiger charge is 2.14. The largest absolute Gasteiger partial charge is 0.331 e. The molecule has 0 saturated heterocycles. The van der Waals surface area contributed by atoms with Crippen molar-refractivity contribution in [3.05, 3.63) is 49.6 Å². The van der Waals surface area contributed by atoms with Crippen LogP contribution in [0.5, 0.6) is 0 Å². The summed E-state index contributed by atoms with van der Waals surface area (Å²) < 4.78 is 16.8. The number of nitrogens with zero attached hydrogens (tertiary/aromatic N) is 1. The van der Waals surface area contributed by atoms with Crippen LogP contribution in [-0.4, -0.2) is 9.55 Å². The van der Waals surface area contributed by atoms with E-state index in [4.69, 9.17) is 12.2 Å². The third-order valence-corrected chi connectivity index (χ3v) is 4.95. The first-order valence-electron chi connectivity index (χ1n) is 6.16. The number of rotatable bonds is 3. The Hall–Kier alpha value is -0.980. The summed E-state index contributed by atoms with van der Waals surface area (Å²) in [7, 11) is 0. The topological polar surface area (TPSA) is 20.7 Å². The number of H-pyrrole nitrogens is 1. The molecule has 0 aliphatic carbocycles. The van der Waals surface area contributed by atoms with Crippen molar-refractivity contribution in [2.45, 2.75) is 19.4 Å². The zero-order chi connectivity index (χ0) is 14.3. The van der Waals surface area contributed by atoms with Gasteiger partial charge in [0.2, 0.25) is 0 Å². The number of imidazole rings is 1. The molecule has 0 amide bonds. The molecule has 6 heteroatoms.